The summed E-state index contributed by atoms with van der Waals surface area (Å²) in [6, 6.07) is 22.9. The van der Waals surface area contributed by atoms with E-state index in [4.69, 9.17) is 23.2 Å². The third kappa shape index (κ3) is 4.08. The standard InChI is InChI=1S/C21H14Cl2N4/c22-16-8-4-5-14(11-16)13-24-27-21-25-19-10-9-17(23)12-18(19)20(26-21)15-6-2-1-3-7-15/h1-13H,(H,25,26,27). The molecule has 0 spiro atoms. The molecule has 0 saturated heterocycles. The normalized spacial score (nSPS) is 11.2. The average Bonchev–Trinajstić information content (AvgIpc) is 2.68. The number of hydrogen-bond acceptors (Lipinski definition) is 4. The zero-order valence-electron chi connectivity index (χ0n) is 14.1. The van der Waals surface area contributed by atoms with E-state index in [-0.39, 0.29) is 0 Å². The molecule has 0 saturated carbocycles. The highest BCUT2D eigenvalue weighted by atomic mass is 35.5. The van der Waals surface area contributed by atoms with Gasteiger partial charge < -0.3 is 0 Å². The van der Waals surface area contributed by atoms with Crippen molar-refractivity contribution in [2.75, 3.05) is 5.43 Å². The lowest BCUT2D eigenvalue weighted by Crippen LogP contribution is -1.99. The van der Waals surface area contributed by atoms with Gasteiger partial charge in [0, 0.05) is 21.0 Å². The molecule has 1 aromatic heterocycles. The molecule has 6 heteroatoms. The lowest BCUT2D eigenvalue weighted by atomic mass is 10.1. The van der Waals surface area contributed by atoms with E-state index < -0.39 is 0 Å². The van der Waals surface area contributed by atoms with Crippen molar-refractivity contribution in [3.8, 4) is 11.3 Å². The number of hydrazone groups is 1. The van der Waals surface area contributed by atoms with Gasteiger partial charge in [0.15, 0.2) is 0 Å². The van der Waals surface area contributed by atoms with Crippen molar-refractivity contribution in [1.82, 2.24) is 9.97 Å². The zero-order valence-corrected chi connectivity index (χ0v) is 15.6. The minimum atomic E-state index is 0.405. The highest BCUT2D eigenvalue weighted by Gasteiger charge is 2.10. The molecule has 1 heterocycles. The Morgan fingerprint density at radius 3 is 2.44 bits per heavy atom. The summed E-state index contributed by atoms with van der Waals surface area (Å²) >= 11 is 12.2. The van der Waals surface area contributed by atoms with Crippen LogP contribution in [0.3, 0.4) is 0 Å². The van der Waals surface area contributed by atoms with Gasteiger partial charge in [-0.2, -0.15) is 5.10 Å². The Balaban J connectivity index is 1.72. The number of nitrogens with zero attached hydrogens (tertiary/aromatic N) is 3. The van der Waals surface area contributed by atoms with Crippen LogP contribution in [0.15, 0.2) is 77.9 Å². The number of rotatable bonds is 4. The van der Waals surface area contributed by atoms with Gasteiger partial charge in [-0.1, -0.05) is 65.7 Å². The predicted octanol–water partition coefficient (Wildman–Crippen LogP) is 6.05. The maximum atomic E-state index is 6.18. The summed E-state index contributed by atoms with van der Waals surface area (Å²) in [5.41, 5.74) is 6.34. The van der Waals surface area contributed by atoms with E-state index >= 15 is 0 Å². The summed E-state index contributed by atoms with van der Waals surface area (Å²) in [7, 11) is 0. The summed E-state index contributed by atoms with van der Waals surface area (Å²) in [6.07, 6.45) is 1.67. The molecule has 0 atom stereocenters. The number of anilines is 1. The number of fused-ring (bicyclic) bond motifs is 1. The number of benzene rings is 3. The minimum Gasteiger partial charge on any atom is -0.245 e. The van der Waals surface area contributed by atoms with Gasteiger partial charge in [0.2, 0.25) is 5.95 Å². The highest BCUT2D eigenvalue weighted by Crippen LogP contribution is 2.29. The lowest BCUT2D eigenvalue weighted by Gasteiger charge is -2.09. The largest absolute Gasteiger partial charge is 0.245 e. The Bertz CT molecular complexity index is 1130. The molecule has 0 radical (unpaired) electrons. The molecule has 4 rings (SSSR count). The summed E-state index contributed by atoms with van der Waals surface area (Å²) < 4.78 is 0. The fourth-order valence-electron chi connectivity index (χ4n) is 2.72. The fraction of sp³-hybridized carbons (Fsp3) is 0. The molecule has 3 aromatic carbocycles. The van der Waals surface area contributed by atoms with E-state index in [9.17, 15) is 0 Å². The van der Waals surface area contributed by atoms with E-state index in [0.29, 0.717) is 16.0 Å². The van der Waals surface area contributed by atoms with Crippen LogP contribution in [0.25, 0.3) is 22.2 Å². The molecular formula is C21H14Cl2N4. The summed E-state index contributed by atoms with van der Waals surface area (Å²) in [4.78, 5) is 9.17. The first kappa shape index (κ1) is 17.5. The Labute approximate surface area is 166 Å². The van der Waals surface area contributed by atoms with Crippen LogP contribution in [-0.4, -0.2) is 16.2 Å². The monoisotopic (exact) mass is 392 g/mol. The van der Waals surface area contributed by atoms with Crippen LogP contribution in [0.4, 0.5) is 5.95 Å². The van der Waals surface area contributed by atoms with E-state index in [2.05, 4.69) is 20.5 Å². The molecule has 4 nitrogen and oxygen atoms in total. The summed E-state index contributed by atoms with van der Waals surface area (Å²) in [5.74, 6) is 0.405. The van der Waals surface area contributed by atoms with Gasteiger partial charge in [-0.3, -0.25) is 0 Å². The molecule has 4 aromatic rings. The van der Waals surface area contributed by atoms with Gasteiger partial charge in [-0.25, -0.2) is 15.4 Å². The fourth-order valence-corrected chi connectivity index (χ4v) is 3.09. The second kappa shape index (κ2) is 7.74. The molecule has 0 unspecified atom stereocenters. The molecule has 0 aliphatic carbocycles. The lowest BCUT2D eigenvalue weighted by molar-refractivity contribution is 1.16. The topological polar surface area (TPSA) is 50.2 Å². The van der Waals surface area contributed by atoms with E-state index in [1.54, 1.807) is 6.21 Å². The van der Waals surface area contributed by atoms with Crippen LogP contribution in [0.2, 0.25) is 10.0 Å². The maximum absolute atomic E-state index is 6.18. The Kier molecular flexibility index (Phi) is 5.01. The van der Waals surface area contributed by atoms with Gasteiger partial charge >= 0.3 is 0 Å². The first-order chi connectivity index (χ1) is 13.2. The van der Waals surface area contributed by atoms with Gasteiger partial charge in [0.05, 0.1) is 17.4 Å². The van der Waals surface area contributed by atoms with Crippen molar-refractivity contribution in [2.45, 2.75) is 0 Å². The summed E-state index contributed by atoms with van der Waals surface area (Å²) in [6.45, 7) is 0. The molecule has 27 heavy (non-hydrogen) atoms. The van der Waals surface area contributed by atoms with E-state index in [0.717, 1.165) is 27.7 Å². The quantitative estimate of drug-likeness (QED) is 0.339. The molecule has 1 N–H and O–H groups in total. The van der Waals surface area contributed by atoms with Crippen LogP contribution in [0.5, 0.6) is 0 Å². The average molecular weight is 393 g/mol. The van der Waals surface area contributed by atoms with E-state index in [1.165, 1.54) is 0 Å². The van der Waals surface area contributed by atoms with Gasteiger partial charge in [0.25, 0.3) is 0 Å². The zero-order chi connectivity index (χ0) is 18.6. The number of halogens is 2. The number of nitrogens with one attached hydrogen (secondary N) is 1. The predicted molar refractivity (Wildman–Crippen MR) is 113 cm³/mol. The number of hydrogen-bond donors (Lipinski definition) is 1. The minimum absolute atomic E-state index is 0.405. The van der Waals surface area contributed by atoms with Crippen molar-refractivity contribution in [1.29, 1.82) is 0 Å². The van der Waals surface area contributed by atoms with E-state index in [1.807, 2.05) is 72.8 Å². The Hall–Kier alpha value is -2.95. The Morgan fingerprint density at radius 1 is 0.815 bits per heavy atom. The molecule has 0 fully saturated rings. The van der Waals surface area contributed by atoms with Crippen LogP contribution < -0.4 is 5.43 Å². The molecular weight excluding hydrogens is 379 g/mol. The first-order valence-electron chi connectivity index (χ1n) is 8.26. The van der Waals surface area contributed by atoms with Gasteiger partial charge in [0.1, 0.15) is 0 Å². The van der Waals surface area contributed by atoms with Crippen LogP contribution in [0, 0.1) is 0 Å². The molecule has 0 bridgehead atoms. The van der Waals surface area contributed by atoms with Crippen LogP contribution in [-0.2, 0) is 0 Å². The van der Waals surface area contributed by atoms with Crippen molar-refractivity contribution in [2.24, 2.45) is 5.10 Å². The molecule has 132 valence electrons. The maximum Gasteiger partial charge on any atom is 0.244 e. The van der Waals surface area contributed by atoms with Crippen molar-refractivity contribution < 1.29 is 0 Å². The van der Waals surface area contributed by atoms with Crippen molar-refractivity contribution in [3.63, 3.8) is 0 Å². The second-order valence-electron chi connectivity index (χ2n) is 5.85. The smallest absolute Gasteiger partial charge is 0.244 e. The Morgan fingerprint density at radius 2 is 1.63 bits per heavy atom. The highest BCUT2D eigenvalue weighted by molar-refractivity contribution is 6.31. The third-order valence-electron chi connectivity index (χ3n) is 3.93. The van der Waals surface area contributed by atoms with Crippen LogP contribution >= 0.6 is 23.2 Å². The summed E-state index contributed by atoms with van der Waals surface area (Å²) in [5, 5.41) is 6.41. The van der Waals surface area contributed by atoms with Gasteiger partial charge in [-0.15, -0.1) is 0 Å². The second-order valence-corrected chi connectivity index (χ2v) is 6.72. The molecule has 0 aliphatic rings. The van der Waals surface area contributed by atoms with Crippen LogP contribution in [0.1, 0.15) is 5.56 Å². The molecule has 0 aliphatic heterocycles. The molecule has 0 amide bonds. The third-order valence-corrected chi connectivity index (χ3v) is 4.40. The first-order valence-corrected chi connectivity index (χ1v) is 9.02. The SMILES string of the molecule is Clc1cccc(C=NNc2nc(-c3ccccc3)c3cc(Cl)ccc3n2)c1. The van der Waals surface area contributed by atoms with Gasteiger partial charge in [-0.05, 0) is 35.9 Å². The van der Waals surface area contributed by atoms with Crippen molar-refractivity contribution in [3.05, 3.63) is 88.4 Å². The number of aromatic nitrogens is 2. The van der Waals surface area contributed by atoms with Crippen molar-refractivity contribution >= 4 is 46.3 Å².